The maximum absolute atomic E-state index is 9.77. The minimum atomic E-state index is 0.100. The van der Waals surface area contributed by atoms with Gasteiger partial charge in [-0.2, -0.15) is 5.10 Å². The highest BCUT2D eigenvalue weighted by molar-refractivity contribution is 5.35. The number of aromatic nitrogens is 2. The molecule has 0 radical (unpaired) electrons. The third-order valence-electron chi connectivity index (χ3n) is 5.15. The second kappa shape index (κ2) is 6.49. The summed E-state index contributed by atoms with van der Waals surface area (Å²) in [5, 5.41) is 14.3. The molecule has 1 aromatic heterocycles. The molecule has 4 nitrogen and oxygen atoms in total. The Bertz CT molecular complexity index is 471. The number of fused-ring (bicyclic) bond motifs is 5. The molecule has 4 heteroatoms. The zero-order chi connectivity index (χ0) is 15.6. The third-order valence-corrected chi connectivity index (χ3v) is 5.15. The number of nitrogens with zero attached hydrogens (tertiary/aromatic N) is 3. The predicted octanol–water partition coefficient (Wildman–Crippen LogP) is 2.71. The summed E-state index contributed by atoms with van der Waals surface area (Å²) in [7, 11) is 2.01. The monoisotopic (exact) mass is 293 g/mol. The number of aliphatic hydroxyl groups is 1. The Morgan fingerprint density at radius 1 is 1.33 bits per heavy atom. The topological polar surface area (TPSA) is 41.3 Å². The van der Waals surface area contributed by atoms with Crippen LogP contribution in [0.5, 0.6) is 0 Å². The molecule has 0 amide bonds. The molecule has 1 aromatic rings. The Labute approximate surface area is 129 Å². The van der Waals surface area contributed by atoms with E-state index in [-0.39, 0.29) is 5.54 Å². The fourth-order valence-electron chi connectivity index (χ4n) is 4.48. The lowest BCUT2D eigenvalue weighted by Crippen LogP contribution is -2.45. The van der Waals surface area contributed by atoms with Crippen LogP contribution in [0.1, 0.15) is 64.1 Å². The molecule has 0 spiro atoms. The molecule has 4 rings (SSSR count). The van der Waals surface area contributed by atoms with Crippen LogP contribution in [-0.2, 0) is 13.5 Å². The van der Waals surface area contributed by atoms with Crippen LogP contribution in [0.15, 0.2) is 6.20 Å². The van der Waals surface area contributed by atoms with E-state index in [0.29, 0.717) is 18.6 Å². The van der Waals surface area contributed by atoms with Gasteiger partial charge in [0.25, 0.3) is 0 Å². The Morgan fingerprint density at radius 2 is 2.05 bits per heavy atom. The van der Waals surface area contributed by atoms with Crippen molar-refractivity contribution in [3.63, 3.8) is 0 Å². The van der Waals surface area contributed by atoms with Crippen LogP contribution in [0.25, 0.3) is 0 Å². The molecule has 2 fully saturated rings. The first-order valence-corrected chi connectivity index (χ1v) is 8.63. The van der Waals surface area contributed by atoms with Crippen molar-refractivity contribution in [3.8, 4) is 0 Å². The lowest BCUT2D eigenvalue weighted by molar-refractivity contribution is 0.0779. The Kier molecular flexibility index (Phi) is 5.10. The molecular formula is C17H31N3O. The van der Waals surface area contributed by atoms with Gasteiger partial charge in [-0.15, -0.1) is 0 Å². The number of hydrogen-bond donors (Lipinski definition) is 1. The largest absolute Gasteiger partial charge is 0.394 e. The smallest absolute Gasteiger partial charge is 0.0675 e. The average molecular weight is 293 g/mol. The first-order valence-electron chi connectivity index (χ1n) is 8.63. The highest BCUT2D eigenvalue weighted by Crippen LogP contribution is 2.53. The summed E-state index contributed by atoms with van der Waals surface area (Å²) >= 11 is 0. The summed E-state index contributed by atoms with van der Waals surface area (Å²) in [4.78, 5) is 2.58. The van der Waals surface area contributed by atoms with E-state index in [1.807, 2.05) is 39.4 Å². The van der Waals surface area contributed by atoms with E-state index in [0.717, 1.165) is 19.4 Å². The van der Waals surface area contributed by atoms with Crippen LogP contribution < -0.4 is 0 Å². The van der Waals surface area contributed by atoms with Gasteiger partial charge in [0.15, 0.2) is 0 Å². The van der Waals surface area contributed by atoms with E-state index < -0.39 is 0 Å². The van der Waals surface area contributed by atoms with Crippen LogP contribution in [0.4, 0.5) is 0 Å². The predicted molar refractivity (Wildman–Crippen MR) is 86.5 cm³/mol. The quantitative estimate of drug-likeness (QED) is 0.865. The molecule has 3 aliphatic rings. The van der Waals surface area contributed by atoms with E-state index in [1.54, 1.807) is 0 Å². The van der Waals surface area contributed by atoms with E-state index in [1.165, 1.54) is 24.1 Å². The summed E-state index contributed by atoms with van der Waals surface area (Å²) in [6, 6.07) is 0.614. The molecule has 0 aromatic carbocycles. The number of rotatable bonds is 1. The average Bonchev–Trinajstić information content (AvgIpc) is 3.21. The summed E-state index contributed by atoms with van der Waals surface area (Å²) in [5.74, 6) is 0.617. The second-order valence-electron chi connectivity index (χ2n) is 5.97. The summed E-state index contributed by atoms with van der Waals surface area (Å²) in [6.07, 6.45) is 6.82. The third kappa shape index (κ3) is 2.42. The molecule has 3 unspecified atom stereocenters. The summed E-state index contributed by atoms with van der Waals surface area (Å²) in [6.45, 7) is 9.49. The molecule has 1 N–H and O–H groups in total. The van der Waals surface area contributed by atoms with Crippen molar-refractivity contribution >= 4 is 0 Å². The van der Waals surface area contributed by atoms with E-state index in [2.05, 4.69) is 16.2 Å². The molecule has 120 valence electrons. The SMILES string of the molecule is CC.CC.Cn1cc2c(n1)CC1C2CC2(CO)CCCN12. The zero-order valence-electron chi connectivity index (χ0n) is 14.3. The van der Waals surface area contributed by atoms with Gasteiger partial charge in [-0.1, -0.05) is 27.7 Å². The van der Waals surface area contributed by atoms with Gasteiger partial charge in [0.05, 0.1) is 12.3 Å². The van der Waals surface area contributed by atoms with E-state index in [9.17, 15) is 5.11 Å². The van der Waals surface area contributed by atoms with E-state index in [4.69, 9.17) is 0 Å². The van der Waals surface area contributed by atoms with Crippen LogP contribution >= 0.6 is 0 Å². The molecule has 3 atom stereocenters. The van der Waals surface area contributed by atoms with Crippen LogP contribution in [0, 0.1) is 0 Å². The number of aliphatic hydroxyl groups excluding tert-OH is 1. The Hall–Kier alpha value is -0.870. The van der Waals surface area contributed by atoms with Crippen molar-refractivity contribution in [2.24, 2.45) is 7.05 Å². The van der Waals surface area contributed by atoms with Gasteiger partial charge in [0.1, 0.15) is 0 Å². The zero-order valence-corrected chi connectivity index (χ0v) is 14.3. The lowest BCUT2D eigenvalue weighted by Gasteiger charge is -2.32. The molecule has 0 bridgehead atoms. The van der Waals surface area contributed by atoms with Crippen molar-refractivity contribution in [2.45, 2.75) is 70.9 Å². The molecule has 0 saturated carbocycles. The number of hydrogen-bond acceptors (Lipinski definition) is 3. The summed E-state index contributed by atoms with van der Waals surface area (Å²) in [5.41, 5.74) is 2.84. The van der Waals surface area contributed by atoms with Gasteiger partial charge in [0, 0.05) is 37.2 Å². The van der Waals surface area contributed by atoms with Crippen molar-refractivity contribution in [1.29, 1.82) is 0 Å². The molecule has 2 saturated heterocycles. The van der Waals surface area contributed by atoms with Crippen LogP contribution in [-0.4, -0.2) is 44.5 Å². The standard InChI is InChI=1S/C13H19N3O.2C2H6/c1-15-7-10-9-6-13(8-17)3-2-4-16(13)12(9)5-11(10)14-15;2*1-2/h7,9,12,17H,2-6,8H2,1H3;2*1-2H3. The Balaban J connectivity index is 0.000000374. The number of aryl methyl sites for hydroxylation is 1. The van der Waals surface area contributed by atoms with Gasteiger partial charge in [-0.25, -0.2) is 0 Å². The van der Waals surface area contributed by atoms with Gasteiger partial charge in [-0.05, 0) is 31.4 Å². The molecule has 2 aliphatic heterocycles. The van der Waals surface area contributed by atoms with Crippen molar-refractivity contribution in [3.05, 3.63) is 17.5 Å². The molecular weight excluding hydrogens is 262 g/mol. The Morgan fingerprint density at radius 3 is 2.71 bits per heavy atom. The maximum Gasteiger partial charge on any atom is 0.0675 e. The maximum atomic E-state index is 9.77. The fourth-order valence-corrected chi connectivity index (χ4v) is 4.48. The van der Waals surface area contributed by atoms with Gasteiger partial charge in [0.2, 0.25) is 0 Å². The van der Waals surface area contributed by atoms with Gasteiger partial charge < -0.3 is 5.11 Å². The van der Waals surface area contributed by atoms with Crippen LogP contribution in [0.3, 0.4) is 0 Å². The minimum absolute atomic E-state index is 0.100. The molecule has 1 aliphatic carbocycles. The van der Waals surface area contributed by atoms with Gasteiger partial charge in [-0.3, -0.25) is 9.58 Å². The first kappa shape index (κ1) is 16.5. The normalized spacial score (nSPS) is 32.5. The van der Waals surface area contributed by atoms with E-state index >= 15 is 0 Å². The first-order chi connectivity index (χ1) is 10.2. The van der Waals surface area contributed by atoms with Crippen molar-refractivity contribution < 1.29 is 5.11 Å². The molecule has 3 heterocycles. The van der Waals surface area contributed by atoms with Crippen molar-refractivity contribution in [1.82, 2.24) is 14.7 Å². The highest BCUT2D eigenvalue weighted by atomic mass is 16.3. The van der Waals surface area contributed by atoms with Crippen molar-refractivity contribution in [2.75, 3.05) is 13.2 Å². The van der Waals surface area contributed by atoms with Crippen LogP contribution in [0.2, 0.25) is 0 Å². The fraction of sp³-hybridized carbons (Fsp3) is 0.824. The molecule has 21 heavy (non-hydrogen) atoms. The van der Waals surface area contributed by atoms with Gasteiger partial charge >= 0.3 is 0 Å². The summed E-state index contributed by atoms with van der Waals surface area (Å²) < 4.78 is 1.94. The lowest BCUT2D eigenvalue weighted by atomic mass is 9.88. The minimum Gasteiger partial charge on any atom is -0.394 e. The second-order valence-corrected chi connectivity index (χ2v) is 5.97. The highest BCUT2D eigenvalue weighted by Gasteiger charge is 2.56.